The molecule has 0 radical (unpaired) electrons. The third kappa shape index (κ3) is 15.7. The Morgan fingerprint density at radius 3 is 1.63 bits per heavy atom. The van der Waals surface area contributed by atoms with Gasteiger partial charge in [-0.3, -0.25) is 0 Å². The summed E-state index contributed by atoms with van der Waals surface area (Å²) in [6, 6.07) is 0.721. The van der Waals surface area contributed by atoms with Gasteiger partial charge in [0.1, 0.15) is 0 Å². The standard InChI is InChI=1S/C20H46O6Si4/c1-12-13-16-23-20(21)19(2)18-22-15-14-17-30(24-27(3,4)5,25-28(6,7)8)26-29(9,10)11/h2,12-18H2,1,3-11H3. The molecule has 6 nitrogen and oxygen atoms in total. The molecule has 10 heteroatoms. The Kier molecular flexibility index (Phi) is 12.8. The SMILES string of the molecule is C=C(COCCC[Si](O[Si](C)(C)C)(O[Si](C)(C)C)O[Si](C)(C)C)C(=O)OCCCC. The molecule has 0 aliphatic carbocycles. The molecule has 0 heterocycles. The predicted octanol–water partition coefficient (Wildman–Crippen LogP) is 5.79. The van der Waals surface area contributed by atoms with Gasteiger partial charge in [-0.15, -0.1) is 0 Å². The summed E-state index contributed by atoms with van der Waals surface area (Å²) in [4.78, 5) is 11.9. The Morgan fingerprint density at radius 1 is 0.767 bits per heavy atom. The Morgan fingerprint density at radius 2 is 1.23 bits per heavy atom. The van der Waals surface area contributed by atoms with E-state index in [2.05, 4.69) is 72.4 Å². The van der Waals surface area contributed by atoms with E-state index >= 15 is 0 Å². The summed E-state index contributed by atoms with van der Waals surface area (Å²) >= 11 is 0. The number of esters is 1. The van der Waals surface area contributed by atoms with Gasteiger partial charge < -0.3 is 21.8 Å². The molecule has 0 aliphatic heterocycles. The van der Waals surface area contributed by atoms with Crippen LogP contribution in [0.4, 0.5) is 0 Å². The molecule has 0 aromatic carbocycles. The summed E-state index contributed by atoms with van der Waals surface area (Å²) in [5, 5.41) is 0. The lowest BCUT2D eigenvalue weighted by Crippen LogP contribution is -2.60. The van der Waals surface area contributed by atoms with Crippen LogP contribution in [0.2, 0.25) is 65.0 Å². The Hall–Kier alpha value is -0.0825. The first-order valence-corrected chi connectivity index (χ1v) is 23.2. The molecule has 0 rings (SSSR count). The summed E-state index contributed by atoms with van der Waals surface area (Å²) in [6.07, 6.45) is 2.60. The summed E-state index contributed by atoms with van der Waals surface area (Å²) < 4.78 is 30.8. The third-order valence-corrected chi connectivity index (χ3v) is 15.5. The van der Waals surface area contributed by atoms with Crippen molar-refractivity contribution in [2.24, 2.45) is 0 Å². The maximum atomic E-state index is 11.9. The summed E-state index contributed by atoms with van der Waals surface area (Å²) in [5.74, 6) is -0.377. The van der Waals surface area contributed by atoms with Crippen LogP contribution in [0.25, 0.3) is 0 Å². The fourth-order valence-electron chi connectivity index (χ4n) is 2.67. The highest BCUT2D eigenvalue weighted by Crippen LogP contribution is 2.29. The molecule has 0 atom stereocenters. The first-order valence-electron chi connectivity index (χ1n) is 11.0. The minimum absolute atomic E-state index is 0.179. The zero-order chi connectivity index (χ0) is 23.6. The number of unbranched alkanes of at least 4 members (excludes halogenated alkanes) is 1. The minimum atomic E-state index is -2.83. The van der Waals surface area contributed by atoms with E-state index in [1.54, 1.807) is 0 Å². The highest BCUT2D eigenvalue weighted by Gasteiger charge is 2.49. The van der Waals surface area contributed by atoms with E-state index in [4.69, 9.17) is 21.8 Å². The molecule has 0 saturated carbocycles. The van der Waals surface area contributed by atoms with E-state index in [9.17, 15) is 4.79 Å². The number of ether oxygens (including phenoxy) is 2. The molecule has 0 spiro atoms. The average molecular weight is 495 g/mol. The molecule has 0 aromatic rings. The van der Waals surface area contributed by atoms with Crippen molar-refractivity contribution in [1.82, 2.24) is 0 Å². The van der Waals surface area contributed by atoms with Crippen molar-refractivity contribution in [3.63, 3.8) is 0 Å². The maximum Gasteiger partial charge on any atom is 0.469 e. The largest absolute Gasteiger partial charge is 0.469 e. The molecule has 0 bridgehead atoms. The van der Waals surface area contributed by atoms with E-state index in [0.717, 1.165) is 25.3 Å². The van der Waals surface area contributed by atoms with Crippen molar-refractivity contribution in [3.05, 3.63) is 12.2 Å². The van der Waals surface area contributed by atoms with Crippen LogP contribution in [0.3, 0.4) is 0 Å². The van der Waals surface area contributed by atoms with Crippen LogP contribution in [-0.4, -0.2) is 59.5 Å². The van der Waals surface area contributed by atoms with Gasteiger partial charge in [-0.1, -0.05) is 19.9 Å². The lowest BCUT2D eigenvalue weighted by Gasteiger charge is -2.42. The summed E-state index contributed by atoms with van der Waals surface area (Å²) in [5.41, 5.74) is 0.352. The first kappa shape index (κ1) is 29.9. The van der Waals surface area contributed by atoms with Gasteiger partial charge in [-0.25, -0.2) is 4.79 Å². The predicted molar refractivity (Wildman–Crippen MR) is 134 cm³/mol. The van der Waals surface area contributed by atoms with E-state index in [1.807, 2.05) is 0 Å². The van der Waals surface area contributed by atoms with Crippen molar-refractivity contribution in [2.75, 3.05) is 19.8 Å². The fourth-order valence-corrected chi connectivity index (χ4v) is 17.3. The average Bonchev–Trinajstić information content (AvgIpc) is 2.49. The smallest absolute Gasteiger partial charge is 0.462 e. The molecule has 0 N–H and O–H groups in total. The molecular weight excluding hydrogens is 449 g/mol. The molecule has 0 unspecified atom stereocenters. The van der Waals surface area contributed by atoms with Gasteiger partial charge in [0, 0.05) is 12.7 Å². The monoisotopic (exact) mass is 494 g/mol. The van der Waals surface area contributed by atoms with E-state index in [0.29, 0.717) is 18.8 Å². The lowest BCUT2D eigenvalue weighted by atomic mass is 10.3. The van der Waals surface area contributed by atoms with Crippen molar-refractivity contribution >= 4 is 39.7 Å². The van der Waals surface area contributed by atoms with Gasteiger partial charge in [-0.2, -0.15) is 0 Å². The van der Waals surface area contributed by atoms with Gasteiger partial charge in [0.15, 0.2) is 25.0 Å². The topological polar surface area (TPSA) is 63.2 Å². The van der Waals surface area contributed by atoms with Crippen LogP contribution in [0.1, 0.15) is 26.2 Å². The third-order valence-electron chi connectivity index (χ3n) is 3.45. The number of carbonyl (C=O) groups is 1. The van der Waals surface area contributed by atoms with Gasteiger partial charge in [0.2, 0.25) is 0 Å². The zero-order valence-corrected chi connectivity index (χ0v) is 25.1. The molecule has 30 heavy (non-hydrogen) atoms. The maximum absolute atomic E-state index is 11.9. The molecule has 0 saturated heterocycles. The Labute approximate surface area is 189 Å². The molecule has 0 fully saturated rings. The quantitative estimate of drug-likeness (QED) is 0.117. The first-order chi connectivity index (χ1) is 13.5. The molecule has 0 aliphatic rings. The van der Waals surface area contributed by atoms with Crippen molar-refractivity contribution in [2.45, 2.75) is 91.2 Å². The Bertz CT molecular complexity index is 494. The molecule has 0 amide bonds. The molecular formula is C20H46O6Si4. The minimum Gasteiger partial charge on any atom is -0.462 e. The van der Waals surface area contributed by atoms with E-state index < -0.39 is 33.8 Å². The van der Waals surface area contributed by atoms with Crippen molar-refractivity contribution in [1.29, 1.82) is 0 Å². The van der Waals surface area contributed by atoms with E-state index in [1.165, 1.54) is 0 Å². The summed E-state index contributed by atoms with van der Waals surface area (Å²) in [6.45, 7) is 26.6. The van der Waals surface area contributed by atoms with Gasteiger partial charge >= 0.3 is 14.8 Å². The van der Waals surface area contributed by atoms with Crippen LogP contribution in [0, 0.1) is 0 Å². The summed E-state index contributed by atoms with van der Waals surface area (Å²) in [7, 11) is -8.44. The molecule has 178 valence electrons. The molecule has 0 aromatic heterocycles. The Balaban J connectivity index is 4.92. The zero-order valence-electron chi connectivity index (χ0n) is 21.1. The van der Waals surface area contributed by atoms with Gasteiger partial charge in [0.25, 0.3) is 0 Å². The number of rotatable bonds is 16. The lowest BCUT2D eigenvalue weighted by molar-refractivity contribution is -0.139. The normalized spacial score (nSPS) is 13.4. The van der Waals surface area contributed by atoms with E-state index in [-0.39, 0.29) is 12.6 Å². The number of carbonyl (C=O) groups excluding carboxylic acids is 1. The highest BCUT2D eigenvalue weighted by molar-refractivity contribution is 6.90. The van der Waals surface area contributed by atoms with Crippen LogP contribution >= 0.6 is 0 Å². The number of hydrogen-bond donors (Lipinski definition) is 0. The van der Waals surface area contributed by atoms with Gasteiger partial charge in [0.05, 0.1) is 18.8 Å². The second-order valence-electron chi connectivity index (χ2n) is 10.6. The van der Waals surface area contributed by atoms with Gasteiger partial charge in [-0.05, 0) is 71.8 Å². The van der Waals surface area contributed by atoms with Crippen LogP contribution < -0.4 is 0 Å². The number of hydrogen-bond acceptors (Lipinski definition) is 6. The van der Waals surface area contributed by atoms with Crippen LogP contribution in [-0.2, 0) is 26.6 Å². The fraction of sp³-hybridized carbons (Fsp3) is 0.850. The second-order valence-corrected chi connectivity index (χ2v) is 27.6. The van der Waals surface area contributed by atoms with Crippen LogP contribution in [0.15, 0.2) is 12.2 Å². The van der Waals surface area contributed by atoms with Crippen molar-refractivity contribution < 1.29 is 26.6 Å². The second kappa shape index (κ2) is 12.8. The highest BCUT2D eigenvalue weighted by atomic mass is 28.5. The van der Waals surface area contributed by atoms with Crippen LogP contribution in [0.5, 0.6) is 0 Å². The van der Waals surface area contributed by atoms with Crippen molar-refractivity contribution in [3.8, 4) is 0 Å².